The summed E-state index contributed by atoms with van der Waals surface area (Å²) in [5.41, 5.74) is 4.51. The lowest BCUT2D eigenvalue weighted by Gasteiger charge is -2.12. The molecule has 0 amide bonds. The molecule has 52 heavy (non-hydrogen) atoms. The molecule has 0 saturated carbocycles. The van der Waals surface area contributed by atoms with Crippen LogP contribution in [0.3, 0.4) is 0 Å². The van der Waals surface area contributed by atoms with Crippen LogP contribution in [0.4, 0.5) is 0 Å². The van der Waals surface area contributed by atoms with Crippen LogP contribution in [0, 0.1) is 0 Å². The van der Waals surface area contributed by atoms with Crippen molar-refractivity contribution in [1.82, 2.24) is 9.97 Å². The maximum absolute atomic E-state index is 5.21. The number of nitrogens with zero attached hydrogens (tertiary/aromatic N) is 2. The van der Waals surface area contributed by atoms with E-state index in [1.54, 1.807) is 0 Å². The highest BCUT2D eigenvalue weighted by atomic mass is 79.9. The van der Waals surface area contributed by atoms with Gasteiger partial charge in [-0.1, -0.05) is 232 Å². The molecule has 2 nitrogen and oxygen atoms in total. The van der Waals surface area contributed by atoms with Gasteiger partial charge in [0, 0.05) is 8.95 Å². The predicted molar refractivity (Wildman–Crippen MR) is 240 cm³/mol. The Morgan fingerprint density at radius 1 is 0.308 bits per heavy atom. The van der Waals surface area contributed by atoms with Crippen LogP contribution in [0.1, 0.15) is 256 Å². The van der Waals surface area contributed by atoms with Crippen molar-refractivity contribution in [2.45, 2.75) is 258 Å². The average molecular weight is 849 g/mol. The maximum Gasteiger partial charge on any atom is 0.104 e. The van der Waals surface area contributed by atoms with Crippen LogP contribution in [0.15, 0.2) is 21.1 Å². The van der Waals surface area contributed by atoms with Gasteiger partial charge in [-0.2, -0.15) is 0 Å². The van der Waals surface area contributed by atoms with E-state index in [0.29, 0.717) is 0 Å². The third kappa shape index (κ3) is 24.8. The molecule has 0 N–H and O–H groups in total. The normalized spacial score (nSPS) is 11.7. The summed E-state index contributed by atoms with van der Waals surface area (Å²) in [4.78, 5) is 10.4. The Bertz CT molecular complexity index is 1000. The molecule has 0 unspecified atom stereocenters. The predicted octanol–water partition coefficient (Wildman–Crippen LogP) is 18.3. The molecule has 0 aliphatic heterocycles. The Balaban J connectivity index is 1.53. The molecule has 0 aliphatic rings. The third-order valence-corrected chi connectivity index (χ3v) is 12.7. The molecular formula is C48H84Br2N2. The number of rotatable bonds is 38. The molecule has 2 rings (SSSR count). The fourth-order valence-corrected chi connectivity index (χ4v) is 8.75. The van der Waals surface area contributed by atoms with Crippen LogP contribution in [-0.2, 0) is 12.8 Å². The van der Waals surface area contributed by atoms with E-state index in [0.717, 1.165) is 32.8 Å². The van der Waals surface area contributed by atoms with Crippen LogP contribution >= 0.6 is 31.9 Å². The van der Waals surface area contributed by atoms with E-state index in [4.69, 9.17) is 9.97 Å². The minimum Gasteiger partial charge on any atom is -0.248 e. The summed E-state index contributed by atoms with van der Waals surface area (Å²) in [6.45, 7) is 4.61. The van der Waals surface area contributed by atoms with Crippen LogP contribution in [0.2, 0.25) is 0 Å². The number of fused-ring (bicyclic) bond motifs is 1. The standard InChI is InChI=1S/C48H84Br2N2/c1-3-5-7-9-11-13-15-17-19-21-23-25-27-29-31-33-35-37-39-45-46(52-48-44(50)42-41-43(49)47(48)51-45)40-38-36-34-32-30-28-26-24-22-20-18-16-14-12-10-8-6-4-2/h41-42H,3-40H2,1-2H3. The van der Waals surface area contributed by atoms with Gasteiger partial charge in [0.2, 0.25) is 0 Å². The minimum atomic E-state index is 1.01. The number of unbranched alkanes of at least 4 members (excludes halogenated alkanes) is 34. The summed E-state index contributed by atoms with van der Waals surface area (Å²) in [6.07, 6.45) is 53.2. The summed E-state index contributed by atoms with van der Waals surface area (Å²) in [5, 5.41) is 0. The molecule has 0 atom stereocenters. The second kappa shape index (κ2) is 35.0. The van der Waals surface area contributed by atoms with Gasteiger partial charge in [0.1, 0.15) is 11.0 Å². The van der Waals surface area contributed by atoms with Gasteiger partial charge in [-0.15, -0.1) is 0 Å². The Morgan fingerprint density at radius 2 is 0.500 bits per heavy atom. The van der Waals surface area contributed by atoms with E-state index in [-0.39, 0.29) is 0 Å². The van der Waals surface area contributed by atoms with Crippen molar-refractivity contribution in [3.8, 4) is 0 Å². The number of halogens is 2. The molecule has 0 bridgehead atoms. The summed E-state index contributed by atoms with van der Waals surface area (Å²) in [7, 11) is 0. The van der Waals surface area contributed by atoms with Gasteiger partial charge in [-0.3, -0.25) is 0 Å². The van der Waals surface area contributed by atoms with Gasteiger partial charge in [0.25, 0.3) is 0 Å². The molecule has 1 aromatic carbocycles. The van der Waals surface area contributed by atoms with Crippen molar-refractivity contribution in [2.24, 2.45) is 0 Å². The molecule has 0 aliphatic carbocycles. The van der Waals surface area contributed by atoms with E-state index >= 15 is 0 Å². The maximum atomic E-state index is 5.21. The Morgan fingerprint density at radius 3 is 0.712 bits per heavy atom. The first-order valence-corrected chi connectivity index (χ1v) is 24.9. The van der Waals surface area contributed by atoms with Crippen LogP contribution < -0.4 is 0 Å². The summed E-state index contributed by atoms with van der Waals surface area (Å²) in [6, 6.07) is 4.19. The zero-order chi connectivity index (χ0) is 37.2. The third-order valence-electron chi connectivity index (χ3n) is 11.4. The lowest BCUT2D eigenvalue weighted by atomic mass is 10.0. The zero-order valence-electron chi connectivity index (χ0n) is 34.7. The quantitative estimate of drug-likeness (QED) is 0.0629. The zero-order valence-corrected chi connectivity index (χ0v) is 37.8. The van der Waals surface area contributed by atoms with Crippen molar-refractivity contribution < 1.29 is 0 Å². The van der Waals surface area contributed by atoms with Crippen LogP contribution in [-0.4, -0.2) is 9.97 Å². The topological polar surface area (TPSA) is 25.8 Å². The molecule has 0 fully saturated rings. The average Bonchev–Trinajstić information content (AvgIpc) is 3.15. The largest absolute Gasteiger partial charge is 0.248 e. The molecule has 0 radical (unpaired) electrons. The van der Waals surface area contributed by atoms with Crippen molar-refractivity contribution in [3.05, 3.63) is 32.5 Å². The Hall–Kier alpha value is -0.480. The van der Waals surface area contributed by atoms with E-state index < -0.39 is 0 Å². The SMILES string of the molecule is CCCCCCCCCCCCCCCCCCCCc1nc2c(Br)ccc(Br)c2nc1CCCCCCCCCCCCCCCCCCCC. The number of benzene rings is 1. The highest BCUT2D eigenvalue weighted by molar-refractivity contribution is 9.11. The van der Waals surface area contributed by atoms with E-state index in [9.17, 15) is 0 Å². The van der Waals surface area contributed by atoms with E-state index in [2.05, 4.69) is 57.8 Å². The molecule has 300 valence electrons. The highest BCUT2D eigenvalue weighted by Crippen LogP contribution is 2.30. The lowest BCUT2D eigenvalue weighted by molar-refractivity contribution is 0.524. The number of hydrogen-bond acceptors (Lipinski definition) is 2. The van der Waals surface area contributed by atoms with Gasteiger partial charge in [-0.05, 0) is 69.7 Å². The van der Waals surface area contributed by atoms with Crippen LogP contribution in [0.5, 0.6) is 0 Å². The van der Waals surface area contributed by atoms with Gasteiger partial charge in [0.05, 0.1) is 11.4 Å². The van der Waals surface area contributed by atoms with Crippen molar-refractivity contribution in [3.63, 3.8) is 0 Å². The molecular weight excluding hydrogens is 764 g/mol. The van der Waals surface area contributed by atoms with Crippen molar-refractivity contribution in [2.75, 3.05) is 0 Å². The van der Waals surface area contributed by atoms with Gasteiger partial charge in [-0.25, -0.2) is 9.97 Å². The first-order chi connectivity index (χ1) is 25.7. The second-order valence-corrected chi connectivity index (χ2v) is 18.1. The summed E-state index contributed by atoms with van der Waals surface area (Å²) < 4.78 is 2.11. The van der Waals surface area contributed by atoms with Gasteiger partial charge >= 0.3 is 0 Å². The van der Waals surface area contributed by atoms with E-state index in [1.165, 1.54) is 243 Å². The molecule has 4 heteroatoms. The first kappa shape index (κ1) is 47.7. The van der Waals surface area contributed by atoms with Crippen molar-refractivity contribution >= 4 is 42.9 Å². The Labute approximate surface area is 341 Å². The number of hydrogen-bond donors (Lipinski definition) is 0. The first-order valence-electron chi connectivity index (χ1n) is 23.3. The van der Waals surface area contributed by atoms with Crippen molar-refractivity contribution in [1.29, 1.82) is 0 Å². The number of aryl methyl sites for hydroxylation is 2. The summed E-state index contributed by atoms with van der Waals surface area (Å²) >= 11 is 7.50. The molecule has 1 heterocycles. The highest BCUT2D eigenvalue weighted by Gasteiger charge is 2.13. The fraction of sp³-hybridized carbons (Fsp3) is 0.833. The van der Waals surface area contributed by atoms with E-state index in [1.807, 2.05) is 0 Å². The molecule has 1 aromatic heterocycles. The van der Waals surface area contributed by atoms with Gasteiger partial charge < -0.3 is 0 Å². The molecule has 2 aromatic rings. The smallest absolute Gasteiger partial charge is 0.104 e. The minimum absolute atomic E-state index is 1.01. The Kier molecular flexibility index (Phi) is 32.1. The fourth-order valence-electron chi connectivity index (χ4n) is 7.93. The monoisotopic (exact) mass is 847 g/mol. The lowest BCUT2D eigenvalue weighted by Crippen LogP contribution is -2.04. The second-order valence-electron chi connectivity index (χ2n) is 16.4. The van der Waals surface area contributed by atoms with Gasteiger partial charge in [0.15, 0.2) is 0 Å². The molecule has 0 saturated heterocycles. The molecule has 0 spiro atoms. The summed E-state index contributed by atoms with van der Waals surface area (Å²) in [5.74, 6) is 0. The number of aromatic nitrogens is 2. The van der Waals surface area contributed by atoms with Crippen LogP contribution in [0.25, 0.3) is 11.0 Å².